The van der Waals surface area contributed by atoms with Gasteiger partial charge in [-0.15, -0.1) is 0 Å². The largest absolute Gasteiger partial charge is 0.452 e. The van der Waals surface area contributed by atoms with Crippen LogP contribution >= 0.6 is 11.6 Å². The SMILES string of the molecule is C[C@H](NC(=O)COC(=O)c1cc(Cl)ccc1F)c1cccc2ccccc12. The van der Waals surface area contributed by atoms with Crippen LogP contribution in [-0.4, -0.2) is 18.5 Å². The molecule has 0 saturated carbocycles. The van der Waals surface area contributed by atoms with Gasteiger partial charge < -0.3 is 10.1 Å². The summed E-state index contributed by atoms with van der Waals surface area (Å²) in [5.41, 5.74) is 0.645. The van der Waals surface area contributed by atoms with E-state index < -0.39 is 24.3 Å². The molecular formula is C21H17ClFNO3. The van der Waals surface area contributed by atoms with Crippen molar-refractivity contribution < 1.29 is 18.7 Å². The Balaban J connectivity index is 1.63. The average Bonchev–Trinajstić information content (AvgIpc) is 2.67. The zero-order chi connectivity index (χ0) is 19.4. The van der Waals surface area contributed by atoms with Crippen molar-refractivity contribution in [1.82, 2.24) is 5.32 Å². The lowest BCUT2D eigenvalue weighted by atomic mass is 10.00. The van der Waals surface area contributed by atoms with Crippen molar-refractivity contribution in [2.24, 2.45) is 0 Å². The number of hydrogen-bond donors (Lipinski definition) is 1. The van der Waals surface area contributed by atoms with Gasteiger partial charge in [0.1, 0.15) is 5.82 Å². The normalized spacial score (nSPS) is 11.8. The Morgan fingerprint density at radius 1 is 1.11 bits per heavy atom. The highest BCUT2D eigenvalue weighted by molar-refractivity contribution is 6.30. The first-order chi connectivity index (χ1) is 13.0. The van der Waals surface area contributed by atoms with Gasteiger partial charge in [0, 0.05) is 5.02 Å². The Bertz CT molecular complexity index is 1000. The van der Waals surface area contributed by atoms with Gasteiger partial charge in [0.2, 0.25) is 0 Å². The van der Waals surface area contributed by atoms with E-state index >= 15 is 0 Å². The second-order valence-electron chi connectivity index (χ2n) is 6.06. The maximum absolute atomic E-state index is 13.7. The molecule has 0 aliphatic carbocycles. The van der Waals surface area contributed by atoms with E-state index in [9.17, 15) is 14.0 Å². The van der Waals surface area contributed by atoms with Crippen LogP contribution in [0.5, 0.6) is 0 Å². The van der Waals surface area contributed by atoms with Crippen LogP contribution in [-0.2, 0) is 9.53 Å². The molecule has 3 rings (SSSR count). The van der Waals surface area contributed by atoms with E-state index in [0.717, 1.165) is 28.5 Å². The fraction of sp³-hybridized carbons (Fsp3) is 0.143. The number of nitrogens with one attached hydrogen (secondary N) is 1. The molecule has 0 radical (unpaired) electrons. The topological polar surface area (TPSA) is 55.4 Å². The van der Waals surface area contributed by atoms with Crippen molar-refractivity contribution in [1.29, 1.82) is 0 Å². The first-order valence-corrected chi connectivity index (χ1v) is 8.72. The molecule has 0 unspecified atom stereocenters. The standard InChI is InChI=1S/C21H17ClFNO3/c1-13(16-8-4-6-14-5-2-3-7-17(14)16)24-20(25)12-27-21(26)18-11-15(22)9-10-19(18)23/h2-11,13H,12H2,1H3,(H,24,25)/t13-/m0/s1. The van der Waals surface area contributed by atoms with Crippen LogP contribution in [0.2, 0.25) is 5.02 Å². The predicted molar refractivity (Wildman–Crippen MR) is 102 cm³/mol. The molecule has 0 aromatic heterocycles. The van der Waals surface area contributed by atoms with E-state index in [1.165, 1.54) is 6.07 Å². The summed E-state index contributed by atoms with van der Waals surface area (Å²) in [6.45, 7) is 1.33. The first kappa shape index (κ1) is 18.9. The molecule has 0 fully saturated rings. The van der Waals surface area contributed by atoms with E-state index in [4.69, 9.17) is 16.3 Å². The Kier molecular flexibility index (Phi) is 5.72. The lowest BCUT2D eigenvalue weighted by Crippen LogP contribution is -2.31. The second-order valence-corrected chi connectivity index (χ2v) is 6.49. The van der Waals surface area contributed by atoms with Crippen LogP contribution in [0.4, 0.5) is 4.39 Å². The fourth-order valence-corrected chi connectivity index (χ4v) is 3.02. The number of amides is 1. The van der Waals surface area contributed by atoms with Crippen LogP contribution in [0.1, 0.15) is 28.9 Å². The highest BCUT2D eigenvalue weighted by Crippen LogP contribution is 2.24. The Morgan fingerprint density at radius 3 is 2.67 bits per heavy atom. The summed E-state index contributed by atoms with van der Waals surface area (Å²) in [7, 11) is 0. The quantitative estimate of drug-likeness (QED) is 0.649. The monoisotopic (exact) mass is 385 g/mol. The molecule has 0 heterocycles. The molecule has 0 aliphatic rings. The molecule has 0 saturated heterocycles. The summed E-state index contributed by atoms with van der Waals surface area (Å²) in [5, 5.41) is 5.09. The Labute approximate surface area is 160 Å². The van der Waals surface area contributed by atoms with Gasteiger partial charge in [-0.3, -0.25) is 4.79 Å². The summed E-state index contributed by atoms with van der Waals surface area (Å²) in [6.07, 6.45) is 0. The lowest BCUT2D eigenvalue weighted by Gasteiger charge is -2.16. The van der Waals surface area contributed by atoms with E-state index in [0.29, 0.717) is 0 Å². The molecule has 1 N–H and O–H groups in total. The molecule has 138 valence electrons. The maximum atomic E-state index is 13.7. The Hall–Kier alpha value is -2.92. The number of rotatable bonds is 5. The summed E-state index contributed by atoms with van der Waals surface area (Å²) in [5.74, 6) is -2.18. The summed E-state index contributed by atoms with van der Waals surface area (Å²) >= 11 is 5.75. The molecule has 4 nitrogen and oxygen atoms in total. The van der Waals surface area contributed by atoms with E-state index in [2.05, 4.69) is 5.32 Å². The molecular weight excluding hydrogens is 369 g/mol. The molecule has 0 bridgehead atoms. The van der Waals surface area contributed by atoms with Crippen molar-refractivity contribution in [2.75, 3.05) is 6.61 Å². The molecule has 6 heteroatoms. The van der Waals surface area contributed by atoms with Crippen LogP contribution in [0.25, 0.3) is 10.8 Å². The van der Waals surface area contributed by atoms with Crippen LogP contribution in [0, 0.1) is 5.82 Å². The van der Waals surface area contributed by atoms with Crippen molar-refractivity contribution in [2.45, 2.75) is 13.0 Å². The van der Waals surface area contributed by atoms with Gasteiger partial charge in [-0.1, -0.05) is 54.1 Å². The maximum Gasteiger partial charge on any atom is 0.341 e. The van der Waals surface area contributed by atoms with E-state index in [-0.39, 0.29) is 16.6 Å². The molecule has 1 atom stereocenters. The number of carbonyl (C=O) groups is 2. The van der Waals surface area contributed by atoms with E-state index in [1.807, 2.05) is 49.4 Å². The molecule has 0 spiro atoms. The highest BCUT2D eigenvalue weighted by atomic mass is 35.5. The number of hydrogen-bond acceptors (Lipinski definition) is 3. The number of esters is 1. The van der Waals surface area contributed by atoms with Crippen molar-refractivity contribution >= 4 is 34.2 Å². The number of benzene rings is 3. The number of halogens is 2. The van der Waals surface area contributed by atoms with Crippen molar-refractivity contribution in [3.05, 3.63) is 82.6 Å². The summed E-state index contributed by atoms with van der Waals surface area (Å²) in [4.78, 5) is 24.1. The Morgan fingerprint density at radius 2 is 1.85 bits per heavy atom. The van der Waals surface area contributed by atoms with Gasteiger partial charge >= 0.3 is 5.97 Å². The third-order valence-electron chi connectivity index (χ3n) is 4.15. The van der Waals surface area contributed by atoms with Gasteiger partial charge in [-0.2, -0.15) is 0 Å². The fourth-order valence-electron chi connectivity index (χ4n) is 2.85. The molecule has 1 amide bonds. The third kappa shape index (κ3) is 4.44. The molecule has 27 heavy (non-hydrogen) atoms. The minimum absolute atomic E-state index is 0.206. The zero-order valence-corrected chi connectivity index (χ0v) is 15.3. The van der Waals surface area contributed by atoms with Gasteiger partial charge in [0.15, 0.2) is 6.61 Å². The lowest BCUT2D eigenvalue weighted by molar-refractivity contribution is -0.124. The van der Waals surface area contributed by atoms with Gasteiger partial charge in [0.25, 0.3) is 5.91 Å². The highest BCUT2D eigenvalue weighted by Gasteiger charge is 2.17. The van der Waals surface area contributed by atoms with Gasteiger partial charge in [-0.25, -0.2) is 9.18 Å². The zero-order valence-electron chi connectivity index (χ0n) is 14.5. The second kappa shape index (κ2) is 8.18. The smallest absolute Gasteiger partial charge is 0.341 e. The predicted octanol–water partition coefficient (Wildman–Crippen LogP) is 4.67. The number of ether oxygens (including phenoxy) is 1. The minimum atomic E-state index is -0.942. The first-order valence-electron chi connectivity index (χ1n) is 8.35. The number of fused-ring (bicyclic) bond motifs is 1. The van der Waals surface area contributed by atoms with Gasteiger partial charge in [0.05, 0.1) is 11.6 Å². The third-order valence-corrected chi connectivity index (χ3v) is 4.39. The molecule has 3 aromatic carbocycles. The summed E-state index contributed by atoms with van der Waals surface area (Å²) in [6, 6.07) is 17.0. The van der Waals surface area contributed by atoms with Gasteiger partial charge in [-0.05, 0) is 41.5 Å². The molecule has 3 aromatic rings. The minimum Gasteiger partial charge on any atom is -0.452 e. The van der Waals surface area contributed by atoms with Crippen LogP contribution in [0.3, 0.4) is 0 Å². The van der Waals surface area contributed by atoms with E-state index in [1.54, 1.807) is 0 Å². The number of carbonyl (C=O) groups excluding carboxylic acids is 2. The summed E-state index contributed by atoms with van der Waals surface area (Å²) < 4.78 is 18.6. The molecule has 0 aliphatic heterocycles. The van der Waals surface area contributed by atoms with Crippen molar-refractivity contribution in [3.8, 4) is 0 Å². The van der Waals surface area contributed by atoms with Crippen LogP contribution in [0.15, 0.2) is 60.7 Å². The van der Waals surface area contributed by atoms with Crippen molar-refractivity contribution in [3.63, 3.8) is 0 Å². The average molecular weight is 386 g/mol. The van der Waals surface area contributed by atoms with Crippen LogP contribution < -0.4 is 5.32 Å².